The van der Waals surface area contributed by atoms with Gasteiger partial charge in [-0.15, -0.1) is 0 Å². The van der Waals surface area contributed by atoms with Crippen LogP contribution in [0.1, 0.15) is 13.8 Å². The van der Waals surface area contributed by atoms with E-state index in [2.05, 4.69) is 48.2 Å². The molecule has 1 rings (SSSR count). The normalized spacial score (nSPS) is 10.6. The molecule has 4 heteroatoms. The summed E-state index contributed by atoms with van der Waals surface area (Å²) in [4.78, 5) is 4.48. The molecule has 1 aromatic rings. The Morgan fingerprint density at radius 1 is 0.800 bits per heavy atom. The van der Waals surface area contributed by atoms with Gasteiger partial charge in [-0.2, -0.15) is 0 Å². The molecular formula is C16H28N2O2. The first-order valence-corrected chi connectivity index (χ1v) is 7.37. The smallest absolute Gasteiger partial charge is 0.0641 e. The second-order valence-electron chi connectivity index (χ2n) is 4.73. The van der Waals surface area contributed by atoms with E-state index in [0.717, 1.165) is 39.5 Å². The fourth-order valence-corrected chi connectivity index (χ4v) is 2.04. The number of benzene rings is 1. The number of ether oxygens (including phenoxy) is 2. The molecule has 0 amide bonds. The van der Waals surface area contributed by atoms with Crippen LogP contribution in [0.15, 0.2) is 24.3 Å². The van der Waals surface area contributed by atoms with Gasteiger partial charge in [-0.05, 0) is 26.0 Å². The first-order valence-electron chi connectivity index (χ1n) is 7.37. The zero-order valence-corrected chi connectivity index (χ0v) is 13.3. The monoisotopic (exact) mass is 280 g/mol. The van der Waals surface area contributed by atoms with Gasteiger partial charge in [0, 0.05) is 40.4 Å². The summed E-state index contributed by atoms with van der Waals surface area (Å²) in [5.41, 5.74) is 2.46. The third kappa shape index (κ3) is 5.39. The minimum Gasteiger partial charge on any atom is -0.380 e. The van der Waals surface area contributed by atoms with Gasteiger partial charge in [-0.3, -0.25) is 0 Å². The average Bonchev–Trinajstić information content (AvgIpc) is 2.47. The second-order valence-corrected chi connectivity index (χ2v) is 4.73. The minimum absolute atomic E-state index is 0.754. The molecule has 0 fully saturated rings. The van der Waals surface area contributed by atoms with Crippen LogP contribution in [-0.4, -0.2) is 53.6 Å². The third-order valence-corrected chi connectivity index (χ3v) is 3.25. The molecule has 0 saturated heterocycles. The van der Waals surface area contributed by atoms with Gasteiger partial charge in [0.05, 0.1) is 24.6 Å². The SMILES string of the molecule is CCOCCN(C)c1ccccc1N(C)CCOCC. The van der Waals surface area contributed by atoms with Crippen molar-refractivity contribution in [1.82, 2.24) is 0 Å². The van der Waals surface area contributed by atoms with E-state index in [1.54, 1.807) is 0 Å². The molecule has 1 aromatic carbocycles. The predicted molar refractivity (Wildman–Crippen MR) is 86.0 cm³/mol. The molecule has 4 nitrogen and oxygen atoms in total. The number of likely N-dealkylation sites (N-methyl/N-ethyl adjacent to an activating group) is 2. The van der Waals surface area contributed by atoms with Crippen molar-refractivity contribution in [3.63, 3.8) is 0 Å². The highest BCUT2D eigenvalue weighted by Crippen LogP contribution is 2.27. The molecule has 0 radical (unpaired) electrons. The van der Waals surface area contributed by atoms with Crippen molar-refractivity contribution < 1.29 is 9.47 Å². The Morgan fingerprint density at radius 2 is 1.20 bits per heavy atom. The van der Waals surface area contributed by atoms with Crippen LogP contribution in [0.4, 0.5) is 11.4 Å². The lowest BCUT2D eigenvalue weighted by molar-refractivity contribution is 0.154. The van der Waals surface area contributed by atoms with Crippen LogP contribution in [0.5, 0.6) is 0 Å². The number of hydrogen-bond acceptors (Lipinski definition) is 4. The van der Waals surface area contributed by atoms with Crippen LogP contribution >= 0.6 is 0 Å². The lowest BCUT2D eigenvalue weighted by Crippen LogP contribution is -2.28. The molecule has 0 aliphatic rings. The first-order chi connectivity index (χ1) is 9.70. The van der Waals surface area contributed by atoms with Crippen molar-refractivity contribution in [2.45, 2.75) is 13.8 Å². The van der Waals surface area contributed by atoms with E-state index in [-0.39, 0.29) is 0 Å². The summed E-state index contributed by atoms with van der Waals surface area (Å²) in [6.07, 6.45) is 0. The molecule has 0 aliphatic carbocycles. The maximum Gasteiger partial charge on any atom is 0.0641 e. The van der Waals surface area contributed by atoms with Gasteiger partial charge >= 0.3 is 0 Å². The van der Waals surface area contributed by atoms with Gasteiger partial charge in [0.25, 0.3) is 0 Å². The van der Waals surface area contributed by atoms with Crippen LogP contribution < -0.4 is 9.80 Å². The van der Waals surface area contributed by atoms with Gasteiger partial charge in [0.2, 0.25) is 0 Å². The standard InChI is InChI=1S/C16H28N2O2/c1-5-19-13-11-17(3)15-9-7-8-10-16(15)18(4)12-14-20-6-2/h7-10H,5-6,11-14H2,1-4H3. The topological polar surface area (TPSA) is 24.9 Å². The zero-order valence-electron chi connectivity index (χ0n) is 13.3. The van der Waals surface area contributed by atoms with E-state index in [1.807, 2.05) is 13.8 Å². The Labute approximate surface area is 123 Å². The first kappa shape index (κ1) is 16.8. The summed E-state index contributed by atoms with van der Waals surface area (Å²) in [7, 11) is 4.21. The van der Waals surface area contributed by atoms with Crippen molar-refractivity contribution in [2.24, 2.45) is 0 Å². The predicted octanol–water partition coefficient (Wildman–Crippen LogP) is 2.63. The Kier molecular flexibility index (Phi) is 8.07. The molecule has 0 unspecified atom stereocenters. The Morgan fingerprint density at radius 3 is 1.55 bits per heavy atom. The summed E-state index contributed by atoms with van der Waals surface area (Å²) >= 11 is 0. The van der Waals surface area contributed by atoms with E-state index >= 15 is 0 Å². The Bertz CT molecular complexity index is 336. The highest BCUT2D eigenvalue weighted by Gasteiger charge is 2.10. The number of anilines is 2. The molecule has 0 aromatic heterocycles. The van der Waals surface area contributed by atoms with Crippen molar-refractivity contribution in [1.29, 1.82) is 0 Å². The molecule has 0 saturated carbocycles. The second kappa shape index (κ2) is 9.61. The number of nitrogens with zero attached hydrogens (tertiary/aromatic N) is 2. The van der Waals surface area contributed by atoms with Gasteiger partial charge < -0.3 is 19.3 Å². The molecule has 0 atom stereocenters. The van der Waals surface area contributed by atoms with E-state index in [4.69, 9.17) is 9.47 Å². The van der Waals surface area contributed by atoms with Crippen molar-refractivity contribution >= 4 is 11.4 Å². The summed E-state index contributed by atoms with van der Waals surface area (Å²) in [5.74, 6) is 0. The van der Waals surface area contributed by atoms with Gasteiger partial charge in [0.1, 0.15) is 0 Å². The van der Waals surface area contributed by atoms with Crippen LogP contribution in [0.25, 0.3) is 0 Å². The largest absolute Gasteiger partial charge is 0.380 e. The van der Waals surface area contributed by atoms with E-state index in [9.17, 15) is 0 Å². The highest BCUT2D eigenvalue weighted by molar-refractivity contribution is 5.70. The minimum atomic E-state index is 0.754. The maximum absolute atomic E-state index is 5.43. The summed E-state index contributed by atoms with van der Waals surface area (Å²) in [6.45, 7) is 8.88. The lowest BCUT2D eigenvalue weighted by atomic mass is 10.2. The maximum atomic E-state index is 5.43. The van der Waals surface area contributed by atoms with Gasteiger partial charge in [0.15, 0.2) is 0 Å². The lowest BCUT2D eigenvalue weighted by Gasteiger charge is -2.27. The molecule has 20 heavy (non-hydrogen) atoms. The van der Waals surface area contributed by atoms with Crippen LogP contribution in [0.3, 0.4) is 0 Å². The summed E-state index contributed by atoms with van der Waals surface area (Å²) < 4.78 is 10.9. The van der Waals surface area contributed by atoms with Crippen molar-refractivity contribution in [3.05, 3.63) is 24.3 Å². The average molecular weight is 280 g/mol. The molecule has 0 heterocycles. The number of rotatable bonds is 10. The fraction of sp³-hybridized carbons (Fsp3) is 0.625. The molecule has 114 valence electrons. The molecular weight excluding hydrogens is 252 g/mol. The van der Waals surface area contributed by atoms with E-state index in [1.165, 1.54) is 11.4 Å². The molecule has 0 bridgehead atoms. The Hall–Kier alpha value is -1.26. The zero-order chi connectivity index (χ0) is 14.8. The van der Waals surface area contributed by atoms with Crippen LogP contribution in [0.2, 0.25) is 0 Å². The highest BCUT2D eigenvalue weighted by atomic mass is 16.5. The Balaban J connectivity index is 2.66. The molecule has 0 aliphatic heterocycles. The fourth-order valence-electron chi connectivity index (χ4n) is 2.04. The van der Waals surface area contributed by atoms with Gasteiger partial charge in [-0.25, -0.2) is 0 Å². The summed E-state index contributed by atoms with van der Waals surface area (Å²) in [6, 6.07) is 8.45. The van der Waals surface area contributed by atoms with Crippen LogP contribution in [-0.2, 0) is 9.47 Å². The number of para-hydroxylation sites is 2. The molecule has 0 spiro atoms. The van der Waals surface area contributed by atoms with E-state index in [0.29, 0.717) is 0 Å². The summed E-state index contributed by atoms with van der Waals surface area (Å²) in [5, 5.41) is 0. The van der Waals surface area contributed by atoms with Crippen molar-refractivity contribution in [3.8, 4) is 0 Å². The van der Waals surface area contributed by atoms with Gasteiger partial charge in [-0.1, -0.05) is 12.1 Å². The third-order valence-electron chi connectivity index (χ3n) is 3.25. The van der Waals surface area contributed by atoms with Crippen LogP contribution in [0, 0.1) is 0 Å². The quantitative estimate of drug-likeness (QED) is 0.615. The number of hydrogen-bond donors (Lipinski definition) is 0. The molecule has 0 N–H and O–H groups in total. The van der Waals surface area contributed by atoms with Crippen molar-refractivity contribution in [2.75, 3.05) is 63.4 Å². The van der Waals surface area contributed by atoms with E-state index < -0.39 is 0 Å².